The highest BCUT2D eigenvalue weighted by atomic mass is 79.9. The first-order chi connectivity index (χ1) is 34.9. The third kappa shape index (κ3) is 13.8. The van der Waals surface area contributed by atoms with Crippen LogP contribution >= 0.6 is 74.8 Å². The lowest BCUT2D eigenvalue weighted by molar-refractivity contribution is 0.00578. The van der Waals surface area contributed by atoms with Gasteiger partial charge in [0.25, 0.3) is 0 Å². The highest BCUT2D eigenvalue weighted by Crippen LogP contribution is 2.39. The van der Waals surface area contributed by atoms with Gasteiger partial charge in [-0.3, -0.25) is 19.8 Å². The van der Waals surface area contributed by atoms with Crippen LogP contribution in [-0.4, -0.2) is 88.1 Å². The number of aliphatic imine (C=N–C) groups is 2. The molecule has 0 radical (unpaired) electrons. The molecule has 402 valence electrons. The number of carbonyl (C=O) groups excluding carboxylic acids is 2. The third-order valence-corrected chi connectivity index (χ3v) is 15.9. The molecule has 5 heterocycles. The first-order valence-electron chi connectivity index (χ1n) is 25.7. The fraction of sp³-hybridized carbons (Fsp3) is 0.400. The number of likely N-dealkylation sites (tertiary alicyclic amines) is 2. The zero-order chi connectivity index (χ0) is 52.9. The quantitative estimate of drug-likeness (QED) is 0.163. The summed E-state index contributed by atoms with van der Waals surface area (Å²) in [6.45, 7) is 21.1. The second kappa shape index (κ2) is 23.7. The van der Waals surface area contributed by atoms with Crippen LogP contribution in [-0.2, 0) is 31.6 Å². The molecule has 0 unspecified atom stereocenters. The summed E-state index contributed by atoms with van der Waals surface area (Å²) in [6, 6.07) is 38.2. The zero-order valence-electron chi connectivity index (χ0n) is 45.2. The van der Waals surface area contributed by atoms with Crippen LogP contribution in [0.3, 0.4) is 0 Å². The van der Waals surface area contributed by atoms with Crippen molar-refractivity contribution in [2.45, 2.75) is 142 Å². The van der Waals surface area contributed by atoms with Gasteiger partial charge < -0.3 is 18.8 Å². The summed E-state index contributed by atoms with van der Waals surface area (Å²) in [5, 5.41) is 4.96. The third-order valence-electron chi connectivity index (χ3n) is 14.4. The van der Waals surface area contributed by atoms with E-state index >= 15 is 0 Å². The van der Waals surface area contributed by atoms with E-state index in [4.69, 9.17) is 28.8 Å². The standard InChI is InChI=1S/C27H27BrN2O2.C23H33BN2O4.C10H6Br2.2H2S/c1-27(2,3)32-26(31)30-12-4-5-25(30)24-16-21-14-19(9-11-23(21)29-24)17-6-7-20-15-22(28)10-8-18(20)13-17;1-21(2,3)28-20(27)26-12-8-9-19(26)18-14-15-13-16(10-11-17(15)25-18)24-29-22(4,5)23(6,7)30-24;11-9-3-1-7-5-10(12)4-2-8(7)6-9;;/h6-11,13-15,25H,4-5,12,16H2,1-3H3;10-11,13,19H,8-9,12,14H2,1-7H3;1-6H;2*1H2/t25-;19-;;;/m00.../s1. The average Bonchev–Trinajstić information content (AvgIpc) is 4.18. The summed E-state index contributed by atoms with van der Waals surface area (Å²) in [4.78, 5) is 38.9. The van der Waals surface area contributed by atoms with Crippen molar-refractivity contribution in [2.24, 2.45) is 9.98 Å². The molecule has 0 aromatic heterocycles. The van der Waals surface area contributed by atoms with Gasteiger partial charge in [-0.05, 0) is 205 Å². The van der Waals surface area contributed by atoms with Crippen LogP contribution in [0, 0.1) is 0 Å². The minimum atomic E-state index is -0.498. The Hall–Kier alpha value is -4.16. The van der Waals surface area contributed by atoms with Gasteiger partial charge in [-0.2, -0.15) is 27.0 Å². The van der Waals surface area contributed by atoms with E-state index < -0.39 is 11.2 Å². The van der Waals surface area contributed by atoms with Crippen molar-refractivity contribution in [1.29, 1.82) is 0 Å². The van der Waals surface area contributed by atoms with Crippen molar-refractivity contribution >= 4 is 144 Å². The number of hydrogen-bond donors (Lipinski definition) is 0. The van der Waals surface area contributed by atoms with Crippen molar-refractivity contribution < 1.29 is 28.4 Å². The number of amides is 2. The van der Waals surface area contributed by atoms with Crippen LogP contribution < -0.4 is 5.46 Å². The number of ether oxygens (including phenoxy) is 2. The first kappa shape index (κ1) is 59.5. The summed E-state index contributed by atoms with van der Waals surface area (Å²) in [5.74, 6) is 0. The lowest BCUT2D eigenvalue weighted by Crippen LogP contribution is -2.43. The number of carbonyl (C=O) groups is 2. The molecule has 0 aliphatic carbocycles. The Labute approximate surface area is 488 Å². The van der Waals surface area contributed by atoms with E-state index in [1.54, 1.807) is 0 Å². The van der Waals surface area contributed by atoms with E-state index in [-0.39, 0.29) is 69.6 Å². The van der Waals surface area contributed by atoms with Gasteiger partial charge in [0, 0.05) is 50.8 Å². The Balaban J connectivity index is 0.000000178. The number of nitrogens with zero attached hydrogens (tertiary/aromatic N) is 4. The Kier molecular flexibility index (Phi) is 18.5. The minimum absolute atomic E-state index is 0. The van der Waals surface area contributed by atoms with Crippen LogP contribution in [0.25, 0.3) is 32.7 Å². The van der Waals surface area contributed by atoms with Gasteiger partial charge >= 0.3 is 19.3 Å². The summed E-state index contributed by atoms with van der Waals surface area (Å²) in [5.41, 5.74) is 8.18. The topological polar surface area (TPSA) is 102 Å². The van der Waals surface area contributed by atoms with Gasteiger partial charge in [0.1, 0.15) is 11.2 Å². The summed E-state index contributed by atoms with van der Waals surface area (Å²) in [7, 11) is -0.380. The van der Waals surface area contributed by atoms with Gasteiger partial charge in [0.15, 0.2) is 0 Å². The lowest BCUT2D eigenvalue weighted by atomic mass is 9.78. The molecule has 5 aliphatic heterocycles. The van der Waals surface area contributed by atoms with Crippen molar-refractivity contribution in [3.63, 3.8) is 0 Å². The molecule has 10 nitrogen and oxygen atoms in total. The van der Waals surface area contributed by atoms with Gasteiger partial charge in [0.2, 0.25) is 0 Å². The van der Waals surface area contributed by atoms with Gasteiger partial charge in [-0.25, -0.2) is 9.59 Å². The number of hydrogen-bond acceptors (Lipinski definition) is 8. The molecule has 0 spiro atoms. The number of benzene rings is 6. The van der Waals surface area contributed by atoms with Gasteiger partial charge in [-0.15, -0.1) is 0 Å². The largest absolute Gasteiger partial charge is 0.494 e. The molecular formula is C60H70BBr3N4O6S2. The maximum atomic E-state index is 12.7. The zero-order valence-corrected chi connectivity index (χ0v) is 51.9. The Morgan fingerprint density at radius 2 is 0.934 bits per heavy atom. The molecule has 76 heavy (non-hydrogen) atoms. The molecule has 0 saturated carbocycles. The molecule has 0 bridgehead atoms. The molecule has 2 atom stereocenters. The predicted octanol–water partition coefficient (Wildman–Crippen LogP) is 15.9. The van der Waals surface area contributed by atoms with Crippen LogP contribution in [0.2, 0.25) is 0 Å². The van der Waals surface area contributed by atoms with Crippen molar-refractivity contribution in [1.82, 2.24) is 9.80 Å². The second-order valence-corrected chi connectivity index (χ2v) is 25.6. The van der Waals surface area contributed by atoms with Crippen LogP contribution in [0.5, 0.6) is 0 Å². The number of fused-ring (bicyclic) bond motifs is 4. The van der Waals surface area contributed by atoms with Crippen molar-refractivity contribution in [3.8, 4) is 11.1 Å². The highest BCUT2D eigenvalue weighted by molar-refractivity contribution is 9.11. The lowest BCUT2D eigenvalue weighted by Gasteiger charge is -2.32. The maximum Gasteiger partial charge on any atom is 0.494 e. The van der Waals surface area contributed by atoms with Gasteiger partial charge in [-0.1, -0.05) is 96.3 Å². The summed E-state index contributed by atoms with van der Waals surface area (Å²) < 4.78 is 27.0. The molecule has 5 aliphatic rings. The normalized spacial score (nSPS) is 19.0. The number of rotatable bonds is 4. The highest BCUT2D eigenvalue weighted by Gasteiger charge is 2.52. The smallest absolute Gasteiger partial charge is 0.444 e. The van der Waals surface area contributed by atoms with Gasteiger partial charge in [0.05, 0.1) is 34.7 Å². The molecule has 6 aromatic carbocycles. The number of halogens is 3. The Morgan fingerprint density at radius 1 is 0.553 bits per heavy atom. The molecule has 0 N–H and O–H groups in total. The Bertz CT molecular complexity index is 3150. The average molecular weight is 1260 g/mol. The van der Waals surface area contributed by atoms with E-state index in [9.17, 15) is 9.59 Å². The van der Waals surface area contributed by atoms with Crippen molar-refractivity contribution in [2.75, 3.05) is 13.1 Å². The van der Waals surface area contributed by atoms with Crippen LogP contribution in [0.1, 0.15) is 106 Å². The minimum Gasteiger partial charge on any atom is -0.444 e. The fourth-order valence-corrected chi connectivity index (χ4v) is 11.2. The second-order valence-electron chi connectivity index (χ2n) is 22.9. The van der Waals surface area contributed by atoms with E-state index in [0.29, 0.717) is 6.54 Å². The predicted molar refractivity (Wildman–Crippen MR) is 333 cm³/mol. The molecule has 2 amide bonds. The van der Waals surface area contributed by atoms with Crippen LogP contribution in [0.15, 0.2) is 133 Å². The molecule has 3 saturated heterocycles. The van der Waals surface area contributed by atoms with Crippen LogP contribution in [0.4, 0.5) is 21.0 Å². The van der Waals surface area contributed by atoms with E-state index in [2.05, 4.69) is 173 Å². The summed E-state index contributed by atoms with van der Waals surface area (Å²) in [6.07, 6.45) is 4.87. The molecular weight excluding hydrogens is 1190 g/mol. The molecule has 3 fully saturated rings. The molecule has 16 heteroatoms. The van der Waals surface area contributed by atoms with E-state index in [1.807, 2.05) is 63.5 Å². The summed E-state index contributed by atoms with van der Waals surface area (Å²) >= 11 is 10.4. The first-order valence-corrected chi connectivity index (χ1v) is 28.1. The molecule has 6 aromatic rings. The fourth-order valence-electron chi connectivity index (χ4n) is 10.0. The Morgan fingerprint density at radius 3 is 1.38 bits per heavy atom. The van der Waals surface area contributed by atoms with E-state index in [0.717, 1.165) is 92.3 Å². The maximum absolute atomic E-state index is 12.7. The molecule has 11 rings (SSSR count). The van der Waals surface area contributed by atoms with Crippen molar-refractivity contribution in [3.05, 3.63) is 134 Å². The monoisotopic (exact) mass is 1250 g/mol. The van der Waals surface area contributed by atoms with E-state index in [1.165, 1.54) is 38.2 Å². The SMILES string of the molecule is Brc1ccc2cc(Br)ccc2c1.CC(C)(C)OC(=O)N1CCC[C@H]1C1=Nc2ccc(-c3ccc4cc(Br)ccc4c3)cc2C1.CC(C)(C)OC(=O)N1CCC[C@H]1C1=Nc2ccc(B3OC(C)(C)C(C)(C)O3)cc2C1.S.S.